The number of rotatable bonds is 0. The fourth-order valence-electron chi connectivity index (χ4n) is 2.44. The topological polar surface area (TPSA) is 47.6 Å². The number of halogens is 1. The number of hydrogen-bond donors (Lipinski definition) is 1. The molecule has 15 heavy (non-hydrogen) atoms. The first-order valence-electron chi connectivity index (χ1n) is 4.98. The standard InChI is InChI=1S/C11H11FN2O/c12-9-3-1-2-8-7(9)4-5-11(8)6-14-10(13)15-11/h1-3H,4-6H2,(H2,13,14). The van der Waals surface area contributed by atoms with Crippen molar-refractivity contribution in [3.05, 3.63) is 35.1 Å². The van der Waals surface area contributed by atoms with E-state index in [2.05, 4.69) is 4.99 Å². The summed E-state index contributed by atoms with van der Waals surface area (Å²) >= 11 is 0. The van der Waals surface area contributed by atoms with Crippen molar-refractivity contribution in [1.29, 1.82) is 0 Å². The minimum Gasteiger partial charge on any atom is -0.452 e. The predicted octanol–water partition coefficient (Wildman–Crippen LogP) is 1.31. The number of nitrogens with two attached hydrogens (primary N) is 1. The van der Waals surface area contributed by atoms with Crippen LogP contribution in [0.2, 0.25) is 0 Å². The van der Waals surface area contributed by atoms with Crippen LogP contribution >= 0.6 is 0 Å². The Morgan fingerprint density at radius 1 is 1.47 bits per heavy atom. The number of aliphatic imine (C=N–C) groups is 1. The van der Waals surface area contributed by atoms with Crippen molar-refractivity contribution >= 4 is 6.02 Å². The normalized spacial score (nSPS) is 27.7. The van der Waals surface area contributed by atoms with Gasteiger partial charge < -0.3 is 10.5 Å². The van der Waals surface area contributed by atoms with Gasteiger partial charge >= 0.3 is 0 Å². The molecule has 0 bridgehead atoms. The zero-order chi connectivity index (χ0) is 10.5. The van der Waals surface area contributed by atoms with Gasteiger partial charge in [-0.2, -0.15) is 0 Å². The molecule has 3 rings (SSSR count). The zero-order valence-electron chi connectivity index (χ0n) is 8.16. The van der Waals surface area contributed by atoms with Crippen LogP contribution in [-0.4, -0.2) is 12.6 Å². The van der Waals surface area contributed by atoms with Gasteiger partial charge in [-0.05, 0) is 24.5 Å². The van der Waals surface area contributed by atoms with Crippen molar-refractivity contribution in [2.45, 2.75) is 18.4 Å². The molecule has 1 aliphatic heterocycles. The van der Waals surface area contributed by atoms with Gasteiger partial charge in [0.1, 0.15) is 5.82 Å². The molecule has 3 nitrogen and oxygen atoms in total. The minimum absolute atomic E-state index is 0.154. The van der Waals surface area contributed by atoms with Crippen LogP contribution in [0.25, 0.3) is 0 Å². The molecule has 0 fully saturated rings. The maximum Gasteiger partial charge on any atom is 0.283 e. The minimum atomic E-state index is -0.485. The van der Waals surface area contributed by atoms with Gasteiger partial charge in [0, 0.05) is 5.56 Å². The molecule has 1 spiro atoms. The maximum atomic E-state index is 13.5. The summed E-state index contributed by atoms with van der Waals surface area (Å²) in [5.74, 6) is -0.154. The van der Waals surface area contributed by atoms with Gasteiger partial charge in [-0.3, -0.25) is 0 Å². The van der Waals surface area contributed by atoms with Gasteiger partial charge in [0.2, 0.25) is 0 Å². The van der Waals surface area contributed by atoms with Crippen LogP contribution in [0.4, 0.5) is 4.39 Å². The van der Waals surface area contributed by atoms with E-state index in [1.807, 2.05) is 6.07 Å². The first-order valence-corrected chi connectivity index (χ1v) is 4.98. The molecule has 0 aromatic heterocycles. The van der Waals surface area contributed by atoms with E-state index in [0.717, 1.165) is 17.5 Å². The van der Waals surface area contributed by atoms with Crippen LogP contribution in [0.5, 0.6) is 0 Å². The lowest BCUT2D eigenvalue weighted by Crippen LogP contribution is -2.29. The monoisotopic (exact) mass is 206 g/mol. The third-order valence-corrected chi connectivity index (χ3v) is 3.18. The Bertz CT molecular complexity index is 458. The van der Waals surface area contributed by atoms with Crippen molar-refractivity contribution in [2.75, 3.05) is 6.54 Å². The van der Waals surface area contributed by atoms with E-state index in [9.17, 15) is 4.39 Å². The molecular weight excluding hydrogens is 195 g/mol. The summed E-state index contributed by atoms with van der Waals surface area (Å²) in [6.45, 7) is 0.509. The van der Waals surface area contributed by atoms with E-state index < -0.39 is 5.60 Å². The molecule has 1 aromatic carbocycles. The van der Waals surface area contributed by atoms with E-state index in [-0.39, 0.29) is 11.8 Å². The molecular formula is C11H11FN2O. The number of hydrogen-bond acceptors (Lipinski definition) is 3. The summed E-state index contributed by atoms with van der Waals surface area (Å²) in [5, 5.41) is 0. The summed E-state index contributed by atoms with van der Waals surface area (Å²) in [6, 6.07) is 5.31. The molecule has 0 radical (unpaired) electrons. The van der Waals surface area contributed by atoms with Crippen molar-refractivity contribution in [3.8, 4) is 0 Å². The van der Waals surface area contributed by atoms with Gasteiger partial charge in [0.15, 0.2) is 5.60 Å². The highest BCUT2D eigenvalue weighted by molar-refractivity contribution is 5.74. The Morgan fingerprint density at radius 2 is 2.33 bits per heavy atom. The highest BCUT2D eigenvalue weighted by Gasteiger charge is 2.45. The average molecular weight is 206 g/mol. The van der Waals surface area contributed by atoms with Gasteiger partial charge in [-0.25, -0.2) is 9.38 Å². The summed E-state index contributed by atoms with van der Waals surface area (Å²) in [6.07, 6.45) is 1.46. The smallest absolute Gasteiger partial charge is 0.283 e. The Morgan fingerprint density at radius 3 is 3.07 bits per heavy atom. The fourth-order valence-corrected chi connectivity index (χ4v) is 2.44. The molecule has 1 aromatic rings. The van der Waals surface area contributed by atoms with Crippen molar-refractivity contribution in [2.24, 2.45) is 10.7 Å². The second-order valence-electron chi connectivity index (χ2n) is 4.02. The number of nitrogens with zero attached hydrogens (tertiary/aromatic N) is 1. The molecule has 1 atom stereocenters. The molecule has 4 heteroatoms. The van der Waals surface area contributed by atoms with E-state index in [0.29, 0.717) is 13.0 Å². The van der Waals surface area contributed by atoms with Crippen LogP contribution in [-0.2, 0) is 16.8 Å². The summed E-state index contributed by atoms with van der Waals surface area (Å²) in [5.41, 5.74) is 6.70. The quantitative estimate of drug-likeness (QED) is 0.695. The summed E-state index contributed by atoms with van der Waals surface area (Å²) < 4.78 is 19.1. The molecule has 0 saturated carbocycles. The Labute approximate surface area is 86.8 Å². The molecule has 2 N–H and O–H groups in total. The largest absolute Gasteiger partial charge is 0.452 e. The van der Waals surface area contributed by atoms with E-state index in [1.165, 1.54) is 6.07 Å². The molecule has 1 heterocycles. The number of fused-ring (bicyclic) bond motifs is 2. The summed E-state index contributed by atoms with van der Waals surface area (Å²) in [4.78, 5) is 4.05. The zero-order valence-corrected chi connectivity index (χ0v) is 8.16. The number of amidine groups is 1. The molecule has 1 unspecified atom stereocenters. The van der Waals surface area contributed by atoms with Crippen LogP contribution in [0.3, 0.4) is 0 Å². The molecule has 0 saturated heterocycles. The molecule has 78 valence electrons. The lowest BCUT2D eigenvalue weighted by atomic mass is 9.96. The van der Waals surface area contributed by atoms with Gasteiger partial charge in [0.05, 0.1) is 6.54 Å². The van der Waals surface area contributed by atoms with Gasteiger partial charge in [0.25, 0.3) is 6.02 Å². The van der Waals surface area contributed by atoms with Crippen molar-refractivity contribution in [1.82, 2.24) is 0 Å². The highest BCUT2D eigenvalue weighted by atomic mass is 19.1. The predicted molar refractivity (Wildman–Crippen MR) is 54.0 cm³/mol. The third kappa shape index (κ3) is 1.07. The first-order chi connectivity index (χ1) is 7.21. The van der Waals surface area contributed by atoms with Crippen LogP contribution < -0.4 is 5.73 Å². The SMILES string of the molecule is NC1=NCC2(CCc3c(F)cccc32)O1. The first kappa shape index (κ1) is 8.71. The second kappa shape index (κ2) is 2.72. The van der Waals surface area contributed by atoms with E-state index >= 15 is 0 Å². The molecule has 2 aliphatic rings. The van der Waals surface area contributed by atoms with Crippen LogP contribution in [0, 0.1) is 5.82 Å². The lowest BCUT2D eigenvalue weighted by Gasteiger charge is -2.23. The van der Waals surface area contributed by atoms with Crippen molar-refractivity contribution in [3.63, 3.8) is 0 Å². The van der Waals surface area contributed by atoms with E-state index in [1.54, 1.807) is 6.07 Å². The fraction of sp³-hybridized carbons (Fsp3) is 0.364. The average Bonchev–Trinajstić information content (AvgIpc) is 2.75. The van der Waals surface area contributed by atoms with Gasteiger partial charge in [-0.15, -0.1) is 0 Å². The molecule has 0 amide bonds. The maximum absolute atomic E-state index is 13.5. The van der Waals surface area contributed by atoms with E-state index in [4.69, 9.17) is 10.5 Å². The molecule has 1 aliphatic carbocycles. The summed E-state index contributed by atoms with van der Waals surface area (Å²) in [7, 11) is 0. The van der Waals surface area contributed by atoms with Crippen LogP contribution in [0.15, 0.2) is 23.2 Å². The van der Waals surface area contributed by atoms with Crippen LogP contribution in [0.1, 0.15) is 17.5 Å². The second-order valence-corrected chi connectivity index (χ2v) is 4.02. The Hall–Kier alpha value is -1.58. The van der Waals surface area contributed by atoms with Gasteiger partial charge in [-0.1, -0.05) is 12.1 Å². The highest BCUT2D eigenvalue weighted by Crippen LogP contribution is 2.43. The Balaban J connectivity index is 2.10. The number of ether oxygens (including phenoxy) is 1. The number of benzene rings is 1. The third-order valence-electron chi connectivity index (χ3n) is 3.18. The Kier molecular flexibility index (Phi) is 1.58. The lowest BCUT2D eigenvalue weighted by molar-refractivity contribution is 0.0858. The van der Waals surface area contributed by atoms with Crippen molar-refractivity contribution < 1.29 is 9.13 Å².